The van der Waals surface area contributed by atoms with Crippen molar-refractivity contribution in [3.8, 4) is 0 Å². The SMILES string of the molecule is Nc1ccncc1S(=O)(=O)NCCC1CCCC1. The summed E-state index contributed by atoms with van der Waals surface area (Å²) in [4.78, 5) is 3.86. The van der Waals surface area contributed by atoms with Crippen LogP contribution < -0.4 is 10.5 Å². The molecule has 0 bridgehead atoms. The van der Waals surface area contributed by atoms with Gasteiger partial charge in [-0.3, -0.25) is 4.98 Å². The summed E-state index contributed by atoms with van der Waals surface area (Å²) in [5.74, 6) is 0.666. The molecule has 2 rings (SSSR count). The molecule has 100 valence electrons. The highest BCUT2D eigenvalue weighted by Gasteiger charge is 2.19. The molecule has 1 fully saturated rings. The summed E-state index contributed by atoms with van der Waals surface area (Å²) >= 11 is 0. The first kappa shape index (κ1) is 13.3. The fourth-order valence-electron chi connectivity index (χ4n) is 2.39. The summed E-state index contributed by atoms with van der Waals surface area (Å²) in [6.07, 6.45) is 8.65. The van der Waals surface area contributed by atoms with Crippen molar-refractivity contribution in [2.24, 2.45) is 5.92 Å². The Hall–Kier alpha value is -1.14. The lowest BCUT2D eigenvalue weighted by Crippen LogP contribution is -2.26. The molecule has 0 aromatic carbocycles. The molecule has 0 radical (unpaired) electrons. The maximum atomic E-state index is 12.0. The number of pyridine rings is 1. The quantitative estimate of drug-likeness (QED) is 0.848. The predicted molar refractivity (Wildman–Crippen MR) is 70.4 cm³/mol. The predicted octanol–water partition coefficient (Wildman–Crippen LogP) is 1.52. The monoisotopic (exact) mass is 269 g/mol. The minimum atomic E-state index is -3.52. The molecule has 1 saturated carbocycles. The van der Waals surface area contributed by atoms with Gasteiger partial charge in [-0.2, -0.15) is 0 Å². The molecule has 1 aromatic rings. The van der Waals surface area contributed by atoms with Crippen LogP contribution in [0.25, 0.3) is 0 Å². The third kappa shape index (κ3) is 3.20. The lowest BCUT2D eigenvalue weighted by atomic mass is 10.1. The van der Waals surface area contributed by atoms with E-state index in [0.29, 0.717) is 12.5 Å². The van der Waals surface area contributed by atoms with Crippen molar-refractivity contribution in [3.05, 3.63) is 18.5 Å². The number of nitrogens with two attached hydrogens (primary N) is 1. The van der Waals surface area contributed by atoms with E-state index in [1.54, 1.807) is 0 Å². The Morgan fingerprint density at radius 2 is 2.11 bits per heavy atom. The van der Waals surface area contributed by atoms with Crippen LogP contribution in [0.5, 0.6) is 0 Å². The van der Waals surface area contributed by atoms with Crippen molar-refractivity contribution in [1.82, 2.24) is 9.71 Å². The minimum Gasteiger partial charge on any atom is -0.398 e. The standard InChI is InChI=1S/C12H19N3O2S/c13-11-6-7-14-9-12(11)18(16,17)15-8-5-10-3-1-2-4-10/h6-7,9-10,15H,1-5,8H2,(H2,13,14). The van der Waals surface area contributed by atoms with Gasteiger partial charge in [-0.1, -0.05) is 25.7 Å². The molecule has 18 heavy (non-hydrogen) atoms. The first-order valence-corrected chi connectivity index (χ1v) is 7.77. The highest BCUT2D eigenvalue weighted by atomic mass is 32.2. The summed E-state index contributed by atoms with van der Waals surface area (Å²) in [6.45, 7) is 0.474. The fraction of sp³-hybridized carbons (Fsp3) is 0.583. The van der Waals surface area contributed by atoms with Crippen molar-refractivity contribution in [1.29, 1.82) is 0 Å². The highest BCUT2D eigenvalue weighted by Crippen LogP contribution is 2.27. The Labute approximate surface area is 108 Å². The molecule has 1 aromatic heterocycles. The van der Waals surface area contributed by atoms with Crippen LogP contribution in [0.3, 0.4) is 0 Å². The van der Waals surface area contributed by atoms with Crippen LogP contribution in [-0.4, -0.2) is 19.9 Å². The summed E-state index contributed by atoms with van der Waals surface area (Å²) < 4.78 is 26.6. The molecule has 0 saturated heterocycles. The lowest BCUT2D eigenvalue weighted by Gasteiger charge is -2.11. The Morgan fingerprint density at radius 1 is 1.39 bits per heavy atom. The van der Waals surface area contributed by atoms with Crippen molar-refractivity contribution < 1.29 is 8.42 Å². The zero-order valence-corrected chi connectivity index (χ0v) is 11.1. The Morgan fingerprint density at radius 3 is 2.78 bits per heavy atom. The van der Waals surface area contributed by atoms with E-state index >= 15 is 0 Å². The average molecular weight is 269 g/mol. The molecule has 0 spiro atoms. The van der Waals surface area contributed by atoms with E-state index in [4.69, 9.17) is 5.73 Å². The Kier molecular flexibility index (Phi) is 4.19. The van der Waals surface area contributed by atoms with Gasteiger partial charge in [0.2, 0.25) is 10.0 Å². The molecule has 6 heteroatoms. The maximum Gasteiger partial charge on any atom is 0.244 e. The van der Waals surface area contributed by atoms with Gasteiger partial charge in [0, 0.05) is 18.9 Å². The van der Waals surface area contributed by atoms with Crippen molar-refractivity contribution in [2.45, 2.75) is 37.0 Å². The van der Waals surface area contributed by atoms with Gasteiger partial charge >= 0.3 is 0 Å². The molecule has 5 nitrogen and oxygen atoms in total. The normalized spacial score (nSPS) is 17.1. The molecule has 0 aliphatic heterocycles. The molecule has 0 atom stereocenters. The van der Waals surface area contributed by atoms with Crippen LogP contribution in [0.15, 0.2) is 23.4 Å². The molecular weight excluding hydrogens is 250 g/mol. The number of aromatic nitrogens is 1. The van der Waals surface area contributed by atoms with E-state index in [-0.39, 0.29) is 10.6 Å². The number of rotatable bonds is 5. The number of anilines is 1. The van der Waals surface area contributed by atoms with E-state index < -0.39 is 10.0 Å². The van der Waals surface area contributed by atoms with Crippen LogP contribution in [0.4, 0.5) is 5.69 Å². The van der Waals surface area contributed by atoms with Gasteiger partial charge in [0.15, 0.2) is 0 Å². The van der Waals surface area contributed by atoms with Gasteiger partial charge in [0.05, 0.1) is 5.69 Å². The number of nitrogens with one attached hydrogen (secondary N) is 1. The van der Waals surface area contributed by atoms with Crippen LogP contribution in [-0.2, 0) is 10.0 Å². The first-order chi connectivity index (χ1) is 8.59. The minimum absolute atomic E-state index is 0.0661. The molecule has 3 N–H and O–H groups in total. The third-order valence-electron chi connectivity index (χ3n) is 3.43. The number of nitrogens with zero attached hydrogens (tertiary/aromatic N) is 1. The number of nitrogen functional groups attached to an aromatic ring is 1. The van der Waals surface area contributed by atoms with E-state index in [1.165, 1.54) is 44.1 Å². The first-order valence-electron chi connectivity index (χ1n) is 6.29. The molecule has 1 aliphatic carbocycles. The second kappa shape index (κ2) is 5.67. The zero-order chi connectivity index (χ0) is 13.0. The fourth-order valence-corrected chi connectivity index (χ4v) is 3.51. The van der Waals surface area contributed by atoms with E-state index in [0.717, 1.165) is 6.42 Å². The highest BCUT2D eigenvalue weighted by molar-refractivity contribution is 7.89. The van der Waals surface area contributed by atoms with Gasteiger partial charge in [0.1, 0.15) is 4.90 Å². The van der Waals surface area contributed by atoms with Gasteiger partial charge in [-0.25, -0.2) is 13.1 Å². The maximum absolute atomic E-state index is 12.0. The van der Waals surface area contributed by atoms with Crippen LogP contribution >= 0.6 is 0 Å². The average Bonchev–Trinajstić information content (AvgIpc) is 2.82. The molecule has 1 heterocycles. The summed E-state index contributed by atoms with van der Waals surface area (Å²) in [5.41, 5.74) is 5.88. The largest absolute Gasteiger partial charge is 0.398 e. The van der Waals surface area contributed by atoms with Crippen molar-refractivity contribution in [2.75, 3.05) is 12.3 Å². The second-order valence-electron chi connectivity index (χ2n) is 4.75. The smallest absolute Gasteiger partial charge is 0.244 e. The third-order valence-corrected chi connectivity index (χ3v) is 4.93. The topological polar surface area (TPSA) is 85.1 Å². The van der Waals surface area contributed by atoms with Crippen LogP contribution in [0.1, 0.15) is 32.1 Å². The van der Waals surface area contributed by atoms with Crippen LogP contribution in [0, 0.1) is 5.92 Å². The van der Waals surface area contributed by atoms with Crippen molar-refractivity contribution in [3.63, 3.8) is 0 Å². The summed E-state index contributed by atoms with van der Waals surface area (Å²) in [5, 5.41) is 0. The molecule has 0 amide bonds. The van der Waals surface area contributed by atoms with Gasteiger partial charge in [-0.15, -0.1) is 0 Å². The van der Waals surface area contributed by atoms with E-state index in [1.807, 2.05) is 0 Å². The van der Waals surface area contributed by atoms with Crippen LogP contribution in [0.2, 0.25) is 0 Å². The van der Waals surface area contributed by atoms with Gasteiger partial charge in [0.25, 0.3) is 0 Å². The number of hydrogen-bond donors (Lipinski definition) is 2. The number of sulfonamides is 1. The zero-order valence-electron chi connectivity index (χ0n) is 10.3. The lowest BCUT2D eigenvalue weighted by molar-refractivity contribution is 0.495. The summed E-state index contributed by atoms with van der Waals surface area (Å²) in [7, 11) is -3.52. The van der Waals surface area contributed by atoms with Crippen molar-refractivity contribution >= 4 is 15.7 Å². The molecule has 1 aliphatic rings. The second-order valence-corrected chi connectivity index (χ2v) is 6.49. The number of hydrogen-bond acceptors (Lipinski definition) is 4. The van der Waals surface area contributed by atoms with E-state index in [9.17, 15) is 8.42 Å². The van der Waals surface area contributed by atoms with Gasteiger partial charge < -0.3 is 5.73 Å². The summed E-state index contributed by atoms with van der Waals surface area (Å²) in [6, 6.07) is 1.49. The Balaban J connectivity index is 1.93. The molecular formula is C12H19N3O2S. The van der Waals surface area contributed by atoms with E-state index in [2.05, 4.69) is 9.71 Å². The Bertz CT molecular complexity index is 496. The molecule has 0 unspecified atom stereocenters. The van der Waals surface area contributed by atoms with Gasteiger partial charge in [-0.05, 0) is 18.4 Å².